The van der Waals surface area contributed by atoms with Gasteiger partial charge in [-0.15, -0.1) is 0 Å². The predicted molar refractivity (Wildman–Crippen MR) is 134 cm³/mol. The Morgan fingerprint density at radius 1 is 0.778 bits per heavy atom. The van der Waals surface area contributed by atoms with E-state index in [1.807, 2.05) is 42.5 Å². The Labute approximate surface area is 204 Å². The Morgan fingerprint density at radius 2 is 1.22 bits per heavy atom. The highest BCUT2D eigenvalue weighted by Crippen LogP contribution is 2.21. The molecule has 0 unspecified atom stereocenters. The fourth-order valence-corrected chi connectivity index (χ4v) is 3.77. The van der Waals surface area contributed by atoms with Gasteiger partial charge in [0.2, 0.25) is 5.76 Å². The third-order valence-electron chi connectivity index (χ3n) is 5.52. The van der Waals surface area contributed by atoms with Gasteiger partial charge in [0.15, 0.2) is 11.9 Å². The van der Waals surface area contributed by atoms with Gasteiger partial charge in [-0.1, -0.05) is 0 Å². The van der Waals surface area contributed by atoms with Crippen LogP contribution in [0.2, 0.25) is 0 Å². The molecular formula is C26H22N4O6. The number of hydrogen-bond acceptors (Lipinski definition) is 8. The van der Waals surface area contributed by atoms with Crippen LogP contribution in [-0.4, -0.2) is 65.1 Å². The zero-order chi connectivity index (χ0) is 25.2. The average Bonchev–Trinajstić information content (AvgIpc) is 3.69. The minimum absolute atomic E-state index is 0.671. The van der Waals surface area contributed by atoms with E-state index in [-0.39, 0.29) is 0 Å². The van der Waals surface area contributed by atoms with Gasteiger partial charge in [-0.25, -0.2) is 14.8 Å². The molecule has 10 nitrogen and oxygen atoms in total. The fourth-order valence-electron chi connectivity index (χ4n) is 3.77. The van der Waals surface area contributed by atoms with Crippen molar-refractivity contribution in [3.8, 4) is 0 Å². The second-order valence-electron chi connectivity index (χ2n) is 8.21. The van der Waals surface area contributed by atoms with Gasteiger partial charge in [-0.05, 0) is 72.8 Å². The number of rotatable bonds is 2. The van der Waals surface area contributed by atoms with Crippen molar-refractivity contribution in [1.82, 2.24) is 19.9 Å². The second-order valence-corrected chi connectivity index (χ2v) is 8.21. The lowest BCUT2D eigenvalue weighted by Gasteiger charge is -2.13. The number of ether oxygens (including phenoxy) is 1. The van der Waals surface area contributed by atoms with Gasteiger partial charge in [0.25, 0.3) is 0 Å². The molecule has 3 aliphatic rings. The fraction of sp³-hybridized carbons (Fsp3) is 0.115. The summed E-state index contributed by atoms with van der Waals surface area (Å²) in [6, 6.07) is 16.4. The van der Waals surface area contributed by atoms with Crippen LogP contribution in [-0.2, 0) is 9.53 Å². The normalized spacial score (nSPS) is 17.1. The van der Waals surface area contributed by atoms with Crippen molar-refractivity contribution >= 4 is 52.3 Å². The number of nitrogens with one attached hydrogen (secondary N) is 2. The molecule has 0 amide bonds. The van der Waals surface area contributed by atoms with Gasteiger partial charge < -0.3 is 35.1 Å². The highest BCUT2D eigenvalue weighted by molar-refractivity contribution is 5.89. The summed E-state index contributed by atoms with van der Waals surface area (Å²) >= 11 is 0. The summed E-state index contributed by atoms with van der Waals surface area (Å²) < 4.78 is 4.32. The van der Waals surface area contributed by atoms with E-state index in [0.29, 0.717) is 0 Å². The number of carbonyl (C=O) groups excluding carboxylic acids is 1. The van der Waals surface area contributed by atoms with Gasteiger partial charge in [0.05, 0.1) is 29.4 Å². The molecule has 182 valence electrons. The van der Waals surface area contributed by atoms with Crippen molar-refractivity contribution < 1.29 is 30.0 Å². The third kappa shape index (κ3) is 4.90. The van der Waals surface area contributed by atoms with Crippen LogP contribution in [0.3, 0.4) is 0 Å². The Balaban J connectivity index is 0.000000189. The van der Waals surface area contributed by atoms with E-state index in [9.17, 15) is 4.79 Å². The Hall–Kier alpha value is -4.67. The quantitative estimate of drug-likeness (QED) is 0.207. The topological polar surface area (TPSA) is 165 Å². The number of aromatic nitrogens is 4. The number of hydrogen-bond donors (Lipinski definition) is 6. The van der Waals surface area contributed by atoms with Crippen molar-refractivity contribution in [3.05, 3.63) is 82.8 Å². The average molecular weight is 486 g/mol. The Bertz CT molecular complexity index is 1490. The largest absolute Gasteiger partial charge is 0.505 e. The first-order valence-corrected chi connectivity index (χ1v) is 11.0. The number of aliphatic hydroxyl groups is 4. The lowest BCUT2D eigenvalue weighted by molar-refractivity contribution is -0.147. The lowest BCUT2D eigenvalue weighted by Crippen LogP contribution is -2.31. The molecule has 10 heteroatoms. The van der Waals surface area contributed by atoms with Crippen molar-refractivity contribution in [3.63, 3.8) is 0 Å². The molecule has 2 atom stereocenters. The molecule has 0 aromatic carbocycles. The van der Waals surface area contributed by atoms with Crippen LogP contribution in [0.15, 0.2) is 60.0 Å². The number of cyclic esters (lactones) is 1. The van der Waals surface area contributed by atoms with E-state index in [1.165, 1.54) is 0 Å². The van der Waals surface area contributed by atoms with Crippen LogP contribution in [0, 0.1) is 0 Å². The summed E-state index contributed by atoms with van der Waals surface area (Å²) in [6.07, 6.45) is 5.27. The first-order valence-electron chi connectivity index (χ1n) is 11.0. The number of H-pyrrole nitrogens is 2. The summed E-state index contributed by atoms with van der Waals surface area (Å²) in [4.78, 5) is 26.6. The van der Waals surface area contributed by atoms with Gasteiger partial charge in [-0.2, -0.15) is 0 Å². The highest BCUT2D eigenvalue weighted by atomic mass is 16.6. The SMILES string of the molecule is C1=Cc2cc3ccc(cc4ccc(cc5nc(cc1n2)C=C5)[nH]4)[nH]3.O=C1O[C@H]([C@@H](O)CO)C(O)=C1O. The maximum atomic E-state index is 10.5. The molecule has 0 saturated carbocycles. The zero-order valence-corrected chi connectivity index (χ0v) is 18.8. The van der Waals surface area contributed by atoms with Crippen molar-refractivity contribution in [1.29, 1.82) is 0 Å². The summed E-state index contributed by atoms with van der Waals surface area (Å²) in [6.45, 7) is -0.671. The second kappa shape index (κ2) is 9.53. The molecule has 3 aromatic heterocycles. The van der Waals surface area contributed by atoms with Crippen molar-refractivity contribution in [2.75, 3.05) is 6.61 Å². The standard InChI is InChI=1S/C20H14N4.C6H8O6/c1-2-14-10-16-5-6-18(23-16)12-20-8-7-19(24-20)11-17-4-3-15(22-17)9-13(1)21-14;7-1-2(8)5-3(9)4(10)6(11)12-5/h1-12,21-22H;2,5,7-10H,1H2/t;2-,5+/m.0/s1. The van der Waals surface area contributed by atoms with Crippen molar-refractivity contribution in [2.24, 2.45) is 0 Å². The maximum Gasteiger partial charge on any atom is 0.377 e. The number of esters is 1. The van der Waals surface area contributed by atoms with E-state index in [1.54, 1.807) is 0 Å². The van der Waals surface area contributed by atoms with Crippen LogP contribution in [0.25, 0.3) is 46.4 Å². The molecule has 0 aliphatic carbocycles. The number of nitrogens with zero attached hydrogens (tertiary/aromatic N) is 2. The molecule has 6 heterocycles. The Kier molecular flexibility index (Phi) is 6.11. The molecule has 0 saturated heterocycles. The molecular weight excluding hydrogens is 464 g/mol. The summed E-state index contributed by atoms with van der Waals surface area (Å²) in [5, 5.41) is 35.0. The molecule has 3 aliphatic heterocycles. The maximum absolute atomic E-state index is 10.5. The zero-order valence-electron chi connectivity index (χ0n) is 18.8. The van der Waals surface area contributed by atoms with Crippen LogP contribution in [0.4, 0.5) is 0 Å². The van der Waals surface area contributed by atoms with E-state index in [0.717, 1.165) is 44.8 Å². The molecule has 6 rings (SSSR count). The number of fused-ring (bicyclic) bond motifs is 8. The van der Waals surface area contributed by atoms with E-state index in [2.05, 4.69) is 55.0 Å². The third-order valence-corrected chi connectivity index (χ3v) is 5.52. The van der Waals surface area contributed by atoms with E-state index < -0.39 is 36.3 Å². The molecule has 3 aromatic rings. The summed E-state index contributed by atoms with van der Waals surface area (Å²) in [5.74, 6) is -2.78. The number of aliphatic hydroxyl groups excluding tert-OH is 4. The first-order chi connectivity index (χ1) is 17.4. The molecule has 8 bridgehead atoms. The molecule has 0 radical (unpaired) electrons. The number of carbonyl (C=O) groups is 1. The highest BCUT2D eigenvalue weighted by Gasteiger charge is 2.38. The van der Waals surface area contributed by atoms with Gasteiger partial charge >= 0.3 is 5.97 Å². The van der Waals surface area contributed by atoms with Crippen LogP contribution in [0.5, 0.6) is 0 Å². The summed E-state index contributed by atoms with van der Waals surface area (Å²) in [5.41, 5.74) is 7.86. The summed E-state index contributed by atoms with van der Waals surface area (Å²) in [7, 11) is 0. The minimum Gasteiger partial charge on any atom is -0.505 e. The monoisotopic (exact) mass is 486 g/mol. The van der Waals surface area contributed by atoms with Gasteiger partial charge in [0, 0.05) is 22.1 Å². The Morgan fingerprint density at radius 3 is 1.64 bits per heavy atom. The van der Waals surface area contributed by atoms with Crippen LogP contribution < -0.4 is 0 Å². The minimum atomic E-state index is -1.42. The first kappa shape index (κ1) is 23.1. The lowest BCUT2D eigenvalue weighted by atomic mass is 10.2. The number of aromatic amines is 2. The van der Waals surface area contributed by atoms with Crippen LogP contribution in [0.1, 0.15) is 22.8 Å². The van der Waals surface area contributed by atoms with Gasteiger partial charge in [-0.3, -0.25) is 0 Å². The van der Waals surface area contributed by atoms with Gasteiger partial charge in [0.1, 0.15) is 6.10 Å². The smallest absolute Gasteiger partial charge is 0.377 e. The van der Waals surface area contributed by atoms with E-state index in [4.69, 9.17) is 20.4 Å². The van der Waals surface area contributed by atoms with E-state index >= 15 is 0 Å². The molecule has 0 spiro atoms. The molecule has 0 fully saturated rings. The van der Waals surface area contributed by atoms with Crippen LogP contribution >= 0.6 is 0 Å². The molecule has 6 N–H and O–H groups in total. The predicted octanol–water partition coefficient (Wildman–Crippen LogP) is 3.25. The molecule has 36 heavy (non-hydrogen) atoms. The van der Waals surface area contributed by atoms with Crippen molar-refractivity contribution in [2.45, 2.75) is 12.2 Å².